The van der Waals surface area contributed by atoms with Crippen LogP contribution >= 0.6 is 0 Å². The summed E-state index contributed by atoms with van der Waals surface area (Å²) in [5, 5.41) is 0. The second-order valence-electron chi connectivity index (χ2n) is 3.40. The molecular formula is C12H14N2O. The summed E-state index contributed by atoms with van der Waals surface area (Å²) < 4.78 is 7.24. The molecule has 0 atom stereocenters. The monoisotopic (exact) mass is 202 g/mol. The Morgan fingerprint density at radius 1 is 1.40 bits per heavy atom. The van der Waals surface area contributed by atoms with Crippen LogP contribution in [0.1, 0.15) is 5.56 Å². The Morgan fingerprint density at radius 3 is 3.07 bits per heavy atom. The highest BCUT2D eigenvalue weighted by Crippen LogP contribution is 2.13. The fourth-order valence-electron chi connectivity index (χ4n) is 1.51. The van der Waals surface area contributed by atoms with Crippen LogP contribution in [-0.4, -0.2) is 16.7 Å². The van der Waals surface area contributed by atoms with E-state index in [2.05, 4.69) is 21.7 Å². The summed E-state index contributed by atoms with van der Waals surface area (Å²) in [6, 6.07) is 8.15. The summed E-state index contributed by atoms with van der Waals surface area (Å²) >= 11 is 0. The van der Waals surface area contributed by atoms with E-state index in [0.717, 1.165) is 18.7 Å². The molecule has 1 aromatic heterocycles. The van der Waals surface area contributed by atoms with E-state index in [1.165, 1.54) is 5.56 Å². The minimum Gasteiger partial charge on any atom is -0.497 e. The maximum atomic E-state index is 5.17. The summed E-state index contributed by atoms with van der Waals surface area (Å²) in [4.78, 5) is 4.01. The van der Waals surface area contributed by atoms with Crippen molar-refractivity contribution in [2.24, 2.45) is 0 Å². The van der Waals surface area contributed by atoms with E-state index in [1.807, 2.05) is 24.7 Å². The van der Waals surface area contributed by atoms with E-state index < -0.39 is 0 Å². The van der Waals surface area contributed by atoms with E-state index in [0.29, 0.717) is 0 Å². The smallest absolute Gasteiger partial charge is 0.119 e. The van der Waals surface area contributed by atoms with Gasteiger partial charge in [0.15, 0.2) is 0 Å². The van der Waals surface area contributed by atoms with Crippen molar-refractivity contribution < 1.29 is 4.74 Å². The van der Waals surface area contributed by atoms with Gasteiger partial charge in [0.05, 0.1) is 13.4 Å². The second-order valence-corrected chi connectivity index (χ2v) is 3.40. The first kappa shape index (κ1) is 9.77. The minimum absolute atomic E-state index is 0.915. The van der Waals surface area contributed by atoms with Gasteiger partial charge in [-0.3, -0.25) is 0 Å². The highest BCUT2D eigenvalue weighted by atomic mass is 16.5. The number of nitrogens with zero attached hydrogens (tertiary/aromatic N) is 2. The van der Waals surface area contributed by atoms with Crippen molar-refractivity contribution in [3.05, 3.63) is 48.5 Å². The maximum absolute atomic E-state index is 5.17. The first-order valence-electron chi connectivity index (χ1n) is 4.97. The van der Waals surface area contributed by atoms with Gasteiger partial charge in [0.2, 0.25) is 0 Å². The van der Waals surface area contributed by atoms with Crippen LogP contribution in [0.3, 0.4) is 0 Å². The first-order valence-corrected chi connectivity index (χ1v) is 4.97. The fourth-order valence-corrected chi connectivity index (χ4v) is 1.51. The maximum Gasteiger partial charge on any atom is 0.119 e. The van der Waals surface area contributed by atoms with Gasteiger partial charge in [0.25, 0.3) is 0 Å². The minimum atomic E-state index is 0.915. The lowest BCUT2D eigenvalue weighted by Gasteiger charge is -2.04. The molecule has 0 fully saturated rings. The molecule has 1 aromatic carbocycles. The van der Waals surface area contributed by atoms with Crippen LogP contribution in [0.25, 0.3) is 0 Å². The standard InChI is InChI=1S/C12H14N2O/c1-15-12-4-2-3-11(9-12)5-7-14-8-6-13-10-14/h2-4,6,8-10H,5,7H2,1H3. The molecule has 0 aliphatic heterocycles. The second kappa shape index (κ2) is 4.64. The van der Waals surface area contributed by atoms with E-state index in [-0.39, 0.29) is 0 Å². The molecule has 2 rings (SSSR count). The van der Waals surface area contributed by atoms with Crippen molar-refractivity contribution in [1.82, 2.24) is 9.55 Å². The zero-order valence-electron chi connectivity index (χ0n) is 8.76. The van der Waals surface area contributed by atoms with Crippen LogP contribution in [0.2, 0.25) is 0 Å². The van der Waals surface area contributed by atoms with Gasteiger partial charge in [-0.15, -0.1) is 0 Å². The van der Waals surface area contributed by atoms with E-state index >= 15 is 0 Å². The van der Waals surface area contributed by atoms with Gasteiger partial charge in [0.1, 0.15) is 5.75 Å². The van der Waals surface area contributed by atoms with Crippen LogP contribution in [0.15, 0.2) is 43.0 Å². The quantitative estimate of drug-likeness (QED) is 0.759. The highest BCUT2D eigenvalue weighted by Gasteiger charge is 1.96. The average molecular weight is 202 g/mol. The Bertz CT molecular complexity index is 409. The summed E-state index contributed by atoms with van der Waals surface area (Å²) in [6.45, 7) is 0.952. The molecule has 1 heterocycles. The number of methoxy groups -OCH3 is 1. The number of benzene rings is 1. The molecule has 3 heteroatoms. The van der Waals surface area contributed by atoms with Crippen molar-refractivity contribution in [2.75, 3.05) is 7.11 Å². The van der Waals surface area contributed by atoms with Crippen molar-refractivity contribution in [3.63, 3.8) is 0 Å². The van der Waals surface area contributed by atoms with Crippen LogP contribution in [0.5, 0.6) is 5.75 Å². The Balaban J connectivity index is 1.98. The van der Waals surface area contributed by atoms with Gasteiger partial charge in [0, 0.05) is 18.9 Å². The fraction of sp³-hybridized carbons (Fsp3) is 0.250. The van der Waals surface area contributed by atoms with Gasteiger partial charge in [-0.1, -0.05) is 12.1 Å². The molecule has 0 bridgehead atoms. The molecule has 78 valence electrons. The highest BCUT2D eigenvalue weighted by molar-refractivity contribution is 5.28. The third kappa shape index (κ3) is 2.59. The van der Waals surface area contributed by atoms with Crippen LogP contribution < -0.4 is 4.74 Å². The Labute approximate surface area is 89.3 Å². The number of aryl methyl sites for hydroxylation is 2. The zero-order chi connectivity index (χ0) is 10.5. The molecule has 0 spiro atoms. The number of rotatable bonds is 4. The Kier molecular flexibility index (Phi) is 3.02. The van der Waals surface area contributed by atoms with Gasteiger partial charge in [-0.2, -0.15) is 0 Å². The number of hydrogen-bond acceptors (Lipinski definition) is 2. The molecule has 0 aliphatic rings. The number of imidazole rings is 1. The van der Waals surface area contributed by atoms with Crippen molar-refractivity contribution in [2.45, 2.75) is 13.0 Å². The molecular weight excluding hydrogens is 188 g/mol. The number of ether oxygens (including phenoxy) is 1. The lowest BCUT2D eigenvalue weighted by atomic mass is 10.1. The van der Waals surface area contributed by atoms with Crippen molar-refractivity contribution in [3.8, 4) is 5.75 Å². The Morgan fingerprint density at radius 2 is 2.33 bits per heavy atom. The van der Waals surface area contributed by atoms with Gasteiger partial charge < -0.3 is 9.30 Å². The molecule has 0 unspecified atom stereocenters. The average Bonchev–Trinajstić information content (AvgIpc) is 2.79. The Hall–Kier alpha value is -1.77. The molecule has 0 saturated carbocycles. The van der Waals surface area contributed by atoms with E-state index in [9.17, 15) is 0 Å². The van der Waals surface area contributed by atoms with Crippen LogP contribution in [0.4, 0.5) is 0 Å². The lowest BCUT2D eigenvalue weighted by Crippen LogP contribution is -1.98. The van der Waals surface area contributed by atoms with E-state index in [4.69, 9.17) is 4.74 Å². The zero-order valence-corrected chi connectivity index (χ0v) is 8.76. The molecule has 0 N–H and O–H groups in total. The summed E-state index contributed by atoms with van der Waals surface area (Å²) in [5.74, 6) is 0.915. The molecule has 0 radical (unpaired) electrons. The molecule has 2 aromatic rings. The van der Waals surface area contributed by atoms with Gasteiger partial charge in [-0.05, 0) is 24.1 Å². The van der Waals surface area contributed by atoms with Crippen LogP contribution in [-0.2, 0) is 13.0 Å². The lowest BCUT2D eigenvalue weighted by molar-refractivity contribution is 0.414. The number of aromatic nitrogens is 2. The SMILES string of the molecule is COc1cccc(CCn2ccnc2)c1. The van der Waals surface area contributed by atoms with Gasteiger partial charge in [-0.25, -0.2) is 4.98 Å². The normalized spacial score (nSPS) is 10.2. The summed E-state index contributed by atoms with van der Waals surface area (Å²) in [6.07, 6.45) is 6.60. The first-order chi connectivity index (χ1) is 7.38. The number of hydrogen-bond donors (Lipinski definition) is 0. The van der Waals surface area contributed by atoms with Gasteiger partial charge >= 0.3 is 0 Å². The summed E-state index contributed by atoms with van der Waals surface area (Å²) in [5.41, 5.74) is 1.28. The molecule has 15 heavy (non-hydrogen) atoms. The third-order valence-corrected chi connectivity index (χ3v) is 2.35. The molecule has 3 nitrogen and oxygen atoms in total. The predicted molar refractivity (Wildman–Crippen MR) is 58.9 cm³/mol. The summed E-state index contributed by atoms with van der Waals surface area (Å²) in [7, 11) is 1.69. The molecule has 0 amide bonds. The van der Waals surface area contributed by atoms with Crippen molar-refractivity contribution in [1.29, 1.82) is 0 Å². The van der Waals surface area contributed by atoms with E-state index in [1.54, 1.807) is 13.3 Å². The largest absolute Gasteiger partial charge is 0.497 e. The molecule has 0 aliphatic carbocycles. The van der Waals surface area contributed by atoms with Crippen molar-refractivity contribution >= 4 is 0 Å². The third-order valence-electron chi connectivity index (χ3n) is 2.35. The predicted octanol–water partition coefficient (Wildman–Crippen LogP) is 2.13. The van der Waals surface area contributed by atoms with Crippen LogP contribution in [0, 0.1) is 0 Å². The topological polar surface area (TPSA) is 27.1 Å². The molecule has 0 saturated heterocycles.